The van der Waals surface area contributed by atoms with Crippen LogP contribution in [0.3, 0.4) is 0 Å². The van der Waals surface area contributed by atoms with Gasteiger partial charge in [-0.05, 0) is 18.6 Å². The Labute approximate surface area is 151 Å². The van der Waals surface area contributed by atoms with E-state index in [9.17, 15) is 13.2 Å². The minimum atomic E-state index is -4.70. The van der Waals surface area contributed by atoms with E-state index in [1.807, 2.05) is 0 Å². The Morgan fingerprint density at radius 2 is 1.78 bits per heavy atom. The normalized spacial score (nSPS) is 12.0. The number of nitrogen functional groups attached to an aromatic ring is 1. The average Bonchev–Trinajstić information content (AvgIpc) is 3.04. The molecule has 0 amide bonds. The number of hydrogen-bond acceptors (Lipinski definition) is 5. The van der Waals surface area contributed by atoms with Crippen molar-refractivity contribution in [3.05, 3.63) is 47.7 Å². The van der Waals surface area contributed by atoms with Crippen LogP contribution in [0.15, 0.2) is 36.4 Å². The van der Waals surface area contributed by atoms with Crippen molar-refractivity contribution in [3.63, 3.8) is 0 Å². The first-order valence-electron chi connectivity index (χ1n) is 7.97. The molecule has 3 aromatic heterocycles. The van der Waals surface area contributed by atoms with Crippen LogP contribution in [-0.2, 0) is 6.18 Å². The molecule has 2 N–H and O–H groups in total. The van der Waals surface area contributed by atoms with Crippen LogP contribution in [0.5, 0.6) is 5.88 Å². The molecule has 1 aromatic carbocycles. The van der Waals surface area contributed by atoms with Gasteiger partial charge in [-0.15, -0.1) is 0 Å². The number of nitrogens with zero attached hydrogens (tertiary/aromatic N) is 4. The van der Waals surface area contributed by atoms with Crippen LogP contribution in [0.4, 0.5) is 19.0 Å². The van der Waals surface area contributed by atoms with Crippen LogP contribution >= 0.6 is 0 Å². The van der Waals surface area contributed by atoms with Gasteiger partial charge in [0, 0.05) is 11.6 Å². The molecule has 0 spiro atoms. The SMILES string of the molecule is COc1ccc2nc(N)c3c(C(F)(F)F)nc(-c4ccccc4C)n3c2n1. The van der Waals surface area contributed by atoms with Crippen LogP contribution in [0.1, 0.15) is 11.3 Å². The molecule has 9 heteroatoms. The molecular formula is C18H14F3N5O. The molecule has 0 bridgehead atoms. The minimum Gasteiger partial charge on any atom is -0.481 e. The molecule has 138 valence electrons. The summed E-state index contributed by atoms with van der Waals surface area (Å²) in [5, 5.41) is 0. The third kappa shape index (κ3) is 2.62. The molecule has 0 fully saturated rings. The van der Waals surface area contributed by atoms with Crippen molar-refractivity contribution in [1.82, 2.24) is 19.4 Å². The third-order valence-electron chi connectivity index (χ3n) is 4.27. The maximum atomic E-state index is 13.7. The number of anilines is 1. The summed E-state index contributed by atoms with van der Waals surface area (Å²) >= 11 is 0. The van der Waals surface area contributed by atoms with Gasteiger partial charge in [0.1, 0.15) is 16.9 Å². The van der Waals surface area contributed by atoms with E-state index in [0.29, 0.717) is 11.1 Å². The number of hydrogen-bond donors (Lipinski definition) is 1. The van der Waals surface area contributed by atoms with Crippen LogP contribution < -0.4 is 10.5 Å². The summed E-state index contributed by atoms with van der Waals surface area (Å²) in [7, 11) is 1.42. The second-order valence-corrected chi connectivity index (χ2v) is 5.97. The Hall–Kier alpha value is -3.36. The number of aryl methyl sites for hydroxylation is 1. The van der Waals surface area contributed by atoms with Crippen molar-refractivity contribution in [1.29, 1.82) is 0 Å². The van der Waals surface area contributed by atoms with Gasteiger partial charge in [-0.25, -0.2) is 9.97 Å². The average molecular weight is 373 g/mol. The summed E-state index contributed by atoms with van der Waals surface area (Å²) in [4.78, 5) is 12.3. The van der Waals surface area contributed by atoms with Gasteiger partial charge < -0.3 is 10.5 Å². The van der Waals surface area contributed by atoms with E-state index in [1.54, 1.807) is 43.3 Å². The lowest BCUT2D eigenvalue weighted by molar-refractivity contribution is -0.139. The van der Waals surface area contributed by atoms with Crippen LogP contribution in [0.25, 0.3) is 28.1 Å². The molecule has 0 saturated carbocycles. The number of alkyl halides is 3. The molecule has 0 aliphatic carbocycles. The molecule has 6 nitrogen and oxygen atoms in total. The monoisotopic (exact) mass is 373 g/mol. The fourth-order valence-corrected chi connectivity index (χ4v) is 3.04. The highest BCUT2D eigenvalue weighted by molar-refractivity contribution is 5.86. The topological polar surface area (TPSA) is 78.3 Å². The van der Waals surface area contributed by atoms with E-state index >= 15 is 0 Å². The number of methoxy groups -OCH3 is 1. The Kier molecular flexibility index (Phi) is 3.69. The maximum absolute atomic E-state index is 13.7. The lowest BCUT2D eigenvalue weighted by Crippen LogP contribution is -2.09. The number of rotatable bonds is 2. The van der Waals surface area contributed by atoms with E-state index in [0.717, 1.165) is 5.56 Å². The zero-order valence-electron chi connectivity index (χ0n) is 14.4. The molecule has 0 aliphatic rings. The molecule has 0 atom stereocenters. The minimum absolute atomic E-state index is 0.0929. The molecule has 0 radical (unpaired) electrons. The molecule has 0 unspecified atom stereocenters. The Bertz CT molecular complexity index is 1180. The van der Waals surface area contributed by atoms with Crippen molar-refractivity contribution in [3.8, 4) is 17.3 Å². The highest BCUT2D eigenvalue weighted by Crippen LogP contribution is 2.38. The van der Waals surface area contributed by atoms with E-state index in [4.69, 9.17) is 10.5 Å². The molecule has 4 aromatic rings. The highest BCUT2D eigenvalue weighted by Gasteiger charge is 2.39. The first kappa shape index (κ1) is 17.1. The number of pyridine rings is 1. The van der Waals surface area contributed by atoms with Gasteiger partial charge in [-0.1, -0.05) is 24.3 Å². The van der Waals surface area contributed by atoms with Crippen LogP contribution in [0, 0.1) is 6.92 Å². The number of halogens is 3. The Balaban J connectivity index is 2.24. The van der Waals surface area contributed by atoms with Crippen molar-refractivity contribution < 1.29 is 17.9 Å². The number of benzene rings is 1. The quantitative estimate of drug-likeness (QED) is 0.577. The number of nitrogens with two attached hydrogens (primary N) is 1. The predicted octanol–water partition coefficient (Wildman–Crippen LogP) is 3.86. The summed E-state index contributed by atoms with van der Waals surface area (Å²) in [5.74, 6) is 0.0674. The molecule has 27 heavy (non-hydrogen) atoms. The van der Waals surface area contributed by atoms with Gasteiger partial charge in [0.15, 0.2) is 17.2 Å². The van der Waals surface area contributed by atoms with Gasteiger partial charge in [0.25, 0.3) is 0 Å². The first-order valence-corrected chi connectivity index (χ1v) is 7.97. The standard InChI is InChI=1S/C18H14F3N5O/c1-9-5-3-4-6-10(9)16-25-14(18(19,20)21)13-15(22)23-11-7-8-12(27-2)24-17(11)26(13)16/h3-8H,1-2H3,(H2,22,23). The zero-order chi connectivity index (χ0) is 19.3. The van der Waals surface area contributed by atoms with Crippen LogP contribution in [0.2, 0.25) is 0 Å². The molecule has 0 aliphatic heterocycles. The molecular weight excluding hydrogens is 359 g/mol. The number of aromatic nitrogens is 4. The molecule has 3 heterocycles. The van der Waals surface area contributed by atoms with E-state index < -0.39 is 11.9 Å². The Morgan fingerprint density at radius 3 is 2.44 bits per heavy atom. The number of ether oxygens (including phenoxy) is 1. The van der Waals surface area contributed by atoms with Crippen molar-refractivity contribution in [2.45, 2.75) is 13.1 Å². The summed E-state index contributed by atoms with van der Waals surface area (Å²) in [6.07, 6.45) is -4.70. The largest absolute Gasteiger partial charge is 0.481 e. The fraction of sp³-hybridized carbons (Fsp3) is 0.167. The predicted molar refractivity (Wildman–Crippen MR) is 94.4 cm³/mol. The van der Waals surface area contributed by atoms with Crippen molar-refractivity contribution >= 4 is 22.5 Å². The fourth-order valence-electron chi connectivity index (χ4n) is 3.04. The second kappa shape index (κ2) is 5.83. The highest BCUT2D eigenvalue weighted by atomic mass is 19.4. The van der Waals surface area contributed by atoms with Crippen molar-refractivity contribution in [2.24, 2.45) is 0 Å². The van der Waals surface area contributed by atoms with Gasteiger partial charge in [-0.2, -0.15) is 18.2 Å². The summed E-state index contributed by atoms with van der Waals surface area (Å²) in [6.45, 7) is 1.80. The summed E-state index contributed by atoms with van der Waals surface area (Å²) < 4.78 is 47.4. The van der Waals surface area contributed by atoms with Gasteiger partial charge in [-0.3, -0.25) is 4.40 Å². The summed E-state index contributed by atoms with van der Waals surface area (Å²) in [5.41, 5.74) is 6.29. The van der Waals surface area contributed by atoms with Gasteiger partial charge in [0.05, 0.1) is 7.11 Å². The molecule has 4 rings (SSSR count). The van der Waals surface area contributed by atoms with E-state index in [2.05, 4.69) is 15.0 Å². The van der Waals surface area contributed by atoms with Gasteiger partial charge >= 0.3 is 6.18 Å². The van der Waals surface area contributed by atoms with E-state index in [-0.39, 0.29) is 28.7 Å². The maximum Gasteiger partial charge on any atom is 0.435 e. The Morgan fingerprint density at radius 1 is 1.04 bits per heavy atom. The van der Waals surface area contributed by atoms with Crippen molar-refractivity contribution in [2.75, 3.05) is 12.8 Å². The zero-order valence-corrected chi connectivity index (χ0v) is 14.4. The van der Waals surface area contributed by atoms with Gasteiger partial charge in [0.2, 0.25) is 5.88 Å². The molecule has 0 saturated heterocycles. The first-order chi connectivity index (χ1) is 12.8. The smallest absolute Gasteiger partial charge is 0.435 e. The van der Waals surface area contributed by atoms with Crippen LogP contribution in [-0.4, -0.2) is 26.5 Å². The lowest BCUT2D eigenvalue weighted by atomic mass is 10.1. The third-order valence-corrected chi connectivity index (χ3v) is 4.27. The number of imidazole rings is 1. The lowest BCUT2D eigenvalue weighted by Gasteiger charge is -2.10. The number of fused-ring (bicyclic) bond motifs is 3. The second-order valence-electron chi connectivity index (χ2n) is 5.97. The van der Waals surface area contributed by atoms with E-state index in [1.165, 1.54) is 11.5 Å². The summed E-state index contributed by atoms with van der Waals surface area (Å²) in [6, 6.07) is 10.2.